The lowest BCUT2D eigenvalue weighted by atomic mass is 10.1. The van der Waals surface area contributed by atoms with Gasteiger partial charge in [0, 0.05) is 18.8 Å². The van der Waals surface area contributed by atoms with Crippen LogP contribution in [0.2, 0.25) is 0 Å². The van der Waals surface area contributed by atoms with E-state index in [2.05, 4.69) is 5.32 Å². The Morgan fingerprint density at radius 1 is 1.00 bits per heavy atom. The Labute approximate surface area is 188 Å². The molecule has 1 aliphatic rings. The number of esters is 1. The summed E-state index contributed by atoms with van der Waals surface area (Å²) in [6.45, 7) is 3.41. The fourth-order valence-corrected chi connectivity index (χ4v) is 5.12. The minimum Gasteiger partial charge on any atom is -0.482 e. The van der Waals surface area contributed by atoms with Gasteiger partial charge in [0.2, 0.25) is 10.0 Å². The average molecular weight is 461 g/mol. The molecule has 0 aliphatic heterocycles. The van der Waals surface area contributed by atoms with Crippen LogP contribution < -0.4 is 10.1 Å². The third-order valence-electron chi connectivity index (χ3n) is 5.25. The molecule has 1 aliphatic carbocycles. The standard InChI is InChI=1S/C23H28N2O6S/c1-3-25(4-2)32(28,29)21-10-6-9-19(14-21)24-22(26)15-31-23(27)16-30-20-12-11-17-7-5-8-18(17)13-20/h6,9-14H,3-5,7-8,15-16H2,1-2H3,(H,24,26). The molecule has 32 heavy (non-hydrogen) atoms. The van der Waals surface area contributed by atoms with Crippen molar-refractivity contribution in [1.29, 1.82) is 0 Å². The third-order valence-corrected chi connectivity index (χ3v) is 7.30. The number of ether oxygens (including phenoxy) is 2. The van der Waals surface area contributed by atoms with Crippen molar-refractivity contribution in [3.63, 3.8) is 0 Å². The highest BCUT2D eigenvalue weighted by atomic mass is 32.2. The van der Waals surface area contributed by atoms with E-state index in [1.165, 1.54) is 27.6 Å². The lowest BCUT2D eigenvalue weighted by Gasteiger charge is -2.18. The molecule has 1 N–H and O–H groups in total. The van der Waals surface area contributed by atoms with Crippen molar-refractivity contribution in [2.24, 2.45) is 0 Å². The van der Waals surface area contributed by atoms with Gasteiger partial charge in [-0.3, -0.25) is 4.79 Å². The summed E-state index contributed by atoms with van der Waals surface area (Å²) in [5.41, 5.74) is 2.85. The molecule has 0 spiro atoms. The van der Waals surface area contributed by atoms with Crippen LogP contribution in [-0.4, -0.2) is 50.9 Å². The van der Waals surface area contributed by atoms with Crippen LogP contribution in [0.3, 0.4) is 0 Å². The fourth-order valence-electron chi connectivity index (χ4n) is 3.61. The molecule has 3 rings (SSSR count). The van der Waals surface area contributed by atoms with Gasteiger partial charge in [-0.1, -0.05) is 26.0 Å². The second-order valence-corrected chi connectivity index (χ2v) is 9.34. The van der Waals surface area contributed by atoms with Crippen LogP contribution in [0.5, 0.6) is 5.75 Å². The first kappa shape index (κ1) is 23.7. The van der Waals surface area contributed by atoms with Gasteiger partial charge in [0.05, 0.1) is 4.90 Å². The quantitative estimate of drug-likeness (QED) is 0.547. The lowest BCUT2D eigenvalue weighted by Crippen LogP contribution is -2.30. The topological polar surface area (TPSA) is 102 Å². The van der Waals surface area contributed by atoms with Gasteiger partial charge in [-0.15, -0.1) is 0 Å². The number of carbonyl (C=O) groups excluding carboxylic acids is 2. The van der Waals surface area contributed by atoms with Gasteiger partial charge in [-0.2, -0.15) is 4.31 Å². The molecule has 0 saturated heterocycles. The SMILES string of the molecule is CCN(CC)S(=O)(=O)c1cccc(NC(=O)COC(=O)COc2ccc3c(c2)CCC3)c1. The number of nitrogens with one attached hydrogen (secondary N) is 1. The van der Waals surface area contributed by atoms with Crippen LogP contribution in [0, 0.1) is 0 Å². The third kappa shape index (κ3) is 5.86. The number of amides is 1. The van der Waals surface area contributed by atoms with E-state index >= 15 is 0 Å². The number of hydrogen-bond acceptors (Lipinski definition) is 6. The maximum Gasteiger partial charge on any atom is 0.344 e. The minimum atomic E-state index is -3.64. The van der Waals surface area contributed by atoms with E-state index in [4.69, 9.17) is 9.47 Å². The van der Waals surface area contributed by atoms with Crippen molar-refractivity contribution in [3.05, 3.63) is 53.6 Å². The molecule has 0 fully saturated rings. The molecule has 0 atom stereocenters. The number of nitrogens with zero attached hydrogens (tertiary/aromatic N) is 1. The van der Waals surface area contributed by atoms with Gasteiger partial charge >= 0.3 is 5.97 Å². The van der Waals surface area contributed by atoms with Gasteiger partial charge in [-0.25, -0.2) is 13.2 Å². The summed E-state index contributed by atoms with van der Waals surface area (Å²) >= 11 is 0. The van der Waals surface area contributed by atoms with Crippen molar-refractivity contribution in [1.82, 2.24) is 4.31 Å². The van der Waals surface area contributed by atoms with Crippen LogP contribution in [-0.2, 0) is 37.2 Å². The summed E-state index contributed by atoms with van der Waals surface area (Å²) in [5.74, 6) is -0.648. The molecule has 8 nitrogen and oxygen atoms in total. The molecule has 0 saturated carbocycles. The summed E-state index contributed by atoms with van der Waals surface area (Å²) in [5, 5.41) is 2.55. The minimum absolute atomic E-state index is 0.0822. The van der Waals surface area contributed by atoms with Crippen LogP contribution >= 0.6 is 0 Å². The fraction of sp³-hybridized carbons (Fsp3) is 0.391. The molecule has 1 amide bonds. The molecule has 0 bridgehead atoms. The average Bonchev–Trinajstić information content (AvgIpc) is 3.25. The zero-order valence-corrected chi connectivity index (χ0v) is 19.1. The molecule has 2 aromatic carbocycles. The summed E-state index contributed by atoms with van der Waals surface area (Å²) in [6.07, 6.45) is 3.20. The Kier molecular flexibility index (Phi) is 7.87. The van der Waals surface area contributed by atoms with Gasteiger partial charge in [0.1, 0.15) is 5.75 Å². The number of hydrogen-bond donors (Lipinski definition) is 1. The van der Waals surface area contributed by atoms with Crippen molar-refractivity contribution < 1.29 is 27.5 Å². The predicted molar refractivity (Wildman–Crippen MR) is 120 cm³/mol. The number of aryl methyl sites for hydroxylation is 2. The molecule has 0 aromatic heterocycles. The Morgan fingerprint density at radius 2 is 1.75 bits per heavy atom. The van der Waals surface area contributed by atoms with Crippen LogP contribution in [0.4, 0.5) is 5.69 Å². The molecule has 0 heterocycles. The Morgan fingerprint density at radius 3 is 2.50 bits per heavy atom. The van der Waals surface area contributed by atoms with Crippen molar-refractivity contribution >= 4 is 27.6 Å². The maximum absolute atomic E-state index is 12.6. The molecular formula is C23H28N2O6S. The first-order valence-electron chi connectivity index (χ1n) is 10.6. The highest BCUT2D eigenvalue weighted by Crippen LogP contribution is 2.26. The van der Waals surface area contributed by atoms with E-state index in [0.29, 0.717) is 24.5 Å². The van der Waals surface area contributed by atoms with E-state index < -0.39 is 28.5 Å². The first-order chi connectivity index (χ1) is 15.3. The summed E-state index contributed by atoms with van der Waals surface area (Å²) in [4.78, 5) is 24.1. The van der Waals surface area contributed by atoms with Gasteiger partial charge in [0.15, 0.2) is 13.2 Å². The second kappa shape index (κ2) is 10.6. The van der Waals surface area contributed by atoms with E-state index in [1.807, 2.05) is 18.2 Å². The summed E-state index contributed by atoms with van der Waals surface area (Å²) < 4.78 is 37.0. The molecule has 0 unspecified atom stereocenters. The smallest absolute Gasteiger partial charge is 0.344 e. The number of anilines is 1. The van der Waals surface area contributed by atoms with Crippen molar-refractivity contribution in [2.75, 3.05) is 31.6 Å². The number of carbonyl (C=O) groups is 2. The predicted octanol–water partition coefficient (Wildman–Crippen LogP) is 2.77. The van der Waals surface area contributed by atoms with Crippen LogP contribution in [0.15, 0.2) is 47.4 Å². The van der Waals surface area contributed by atoms with Gasteiger partial charge in [0.25, 0.3) is 5.91 Å². The largest absolute Gasteiger partial charge is 0.482 e. The zero-order valence-electron chi connectivity index (χ0n) is 18.3. The molecular weight excluding hydrogens is 432 g/mol. The van der Waals surface area contributed by atoms with Crippen molar-refractivity contribution in [2.45, 2.75) is 38.0 Å². The number of fused-ring (bicyclic) bond motifs is 1. The van der Waals surface area contributed by atoms with Crippen molar-refractivity contribution in [3.8, 4) is 5.75 Å². The van der Waals surface area contributed by atoms with Gasteiger partial charge in [-0.05, 0) is 60.7 Å². The monoisotopic (exact) mass is 460 g/mol. The molecule has 9 heteroatoms. The molecule has 0 radical (unpaired) electrons. The second-order valence-electron chi connectivity index (χ2n) is 7.40. The summed E-state index contributed by atoms with van der Waals surface area (Å²) in [7, 11) is -3.64. The van der Waals surface area contributed by atoms with E-state index in [1.54, 1.807) is 26.0 Å². The normalized spacial score (nSPS) is 13.0. The first-order valence-corrected chi connectivity index (χ1v) is 12.1. The van der Waals surface area contributed by atoms with E-state index in [9.17, 15) is 18.0 Å². The Bertz CT molecular complexity index is 1080. The highest BCUT2D eigenvalue weighted by molar-refractivity contribution is 7.89. The Hall–Kier alpha value is -2.91. The number of benzene rings is 2. The number of sulfonamides is 1. The lowest BCUT2D eigenvalue weighted by molar-refractivity contribution is -0.149. The number of rotatable bonds is 10. The Balaban J connectivity index is 1.49. The highest BCUT2D eigenvalue weighted by Gasteiger charge is 2.22. The molecule has 172 valence electrons. The zero-order chi connectivity index (χ0) is 23.1. The van der Waals surface area contributed by atoms with Crippen LogP contribution in [0.1, 0.15) is 31.4 Å². The maximum atomic E-state index is 12.6. The molecule has 2 aromatic rings. The van der Waals surface area contributed by atoms with Gasteiger partial charge < -0.3 is 14.8 Å². The van der Waals surface area contributed by atoms with Crippen LogP contribution in [0.25, 0.3) is 0 Å². The van der Waals surface area contributed by atoms with E-state index in [0.717, 1.165) is 19.3 Å². The van der Waals surface area contributed by atoms with E-state index in [-0.39, 0.29) is 11.5 Å². The summed E-state index contributed by atoms with van der Waals surface area (Å²) in [6, 6.07) is 11.7.